The molecule has 114 valence electrons. The fraction of sp³-hybridized carbons (Fsp3) is 0.188. The third-order valence-electron chi connectivity index (χ3n) is 3.71. The Kier molecular flexibility index (Phi) is 4.08. The lowest BCUT2D eigenvalue weighted by molar-refractivity contribution is -0.124. The number of anilines is 1. The van der Waals surface area contributed by atoms with Crippen LogP contribution in [0.25, 0.3) is 0 Å². The molecule has 1 saturated heterocycles. The lowest BCUT2D eigenvalue weighted by Gasteiger charge is -2.25. The van der Waals surface area contributed by atoms with Gasteiger partial charge in [0.1, 0.15) is 11.9 Å². The zero-order valence-electron chi connectivity index (χ0n) is 11.3. The molecule has 0 bridgehead atoms. The molecule has 2 aromatic rings. The molecular formula is C16H12Cl2FNO2. The van der Waals surface area contributed by atoms with E-state index in [1.54, 1.807) is 24.3 Å². The molecule has 1 aliphatic heterocycles. The average molecular weight is 340 g/mol. The maximum absolute atomic E-state index is 13.2. The second-order valence-electron chi connectivity index (χ2n) is 5.12. The zero-order chi connectivity index (χ0) is 15.9. The molecule has 2 aromatic carbocycles. The lowest BCUT2D eigenvalue weighted by atomic mass is 10.0. The maximum atomic E-state index is 13.2. The number of halogens is 3. The number of hydrogen-bond acceptors (Lipinski definition) is 2. The molecule has 22 heavy (non-hydrogen) atoms. The summed E-state index contributed by atoms with van der Waals surface area (Å²) in [5.41, 5.74) is 1.21. The molecule has 0 radical (unpaired) electrons. The fourth-order valence-electron chi connectivity index (χ4n) is 2.68. The van der Waals surface area contributed by atoms with Crippen molar-refractivity contribution in [3.05, 3.63) is 63.9 Å². The van der Waals surface area contributed by atoms with E-state index >= 15 is 0 Å². The Hall–Kier alpha value is -1.62. The van der Waals surface area contributed by atoms with Crippen molar-refractivity contribution in [1.82, 2.24) is 0 Å². The van der Waals surface area contributed by atoms with E-state index in [2.05, 4.69) is 0 Å². The number of aliphatic hydroxyl groups is 1. The van der Waals surface area contributed by atoms with Crippen LogP contribution in [-0.2, 0) is 4.79 Å². The second kappa shape index (κ2) is 5.88. The smallest absolute Gasteiger partial charge is 0.256 e. The van der Waals surface area contributed by atoms with Crippen LogP contribution in [0.15, 0.2) is 42.5 Å². The quantitative estimate of drug-likeness (QED) is 0.899. The van der Waals surface area contributed by atoms with E-state index < -0.39 is 23.9 Å². The molecule has 0 saturated carbocycles. The summed E-state index contributed by atoms with van der Waals surface area (Å²) in [5.74, 6) is -0.857. The van der Waals surface area contributed by atoms with Crippen LogP contribution < -0.4 is 4.90 Å². The predicted molar refractivity (Wildman–Crippen MR) is 83.7 cm³/mol. The van der Waals surface area contributed by atoms with E-state index in [4.69, 9.17) is 23.2 Å². The van der Waals surface area contributed by atoms with Gasteiger partial charge in [0.15, 0.2) is 0 Å². The Morgan fingerprint density at radius 1 is 1.14 bits per heavy atom. The summed E-state index contributed by atoms with van der Waals surface area (Å²) in [5, 5.41) is 10.7. The minimum atomic E-state index is -1.11. The third kappa shape index (κ3) is 2.70. The summed E-state index contributed by atoms with van der Waals surface area (Å²) in [6, 6.07) is 10.3. The van der Waals surface area contributed by atoms with Crippen LogP contribution >= 0.6 is 23.2 Å². The van der Waals surface area contributed by atoms with Crippen molar-refractivity contribution in [2.75, 3.05) is 4.90 Å². The van der Waals surface area contributed by atoms with Gasteiger partial charge in [0, 0.05) is 22.2 Å². The standard InChI is InChI=1S/C16H12Cl2FNO2/c17-9-1-4-11(5-2-9)20-14(8-15(21)16(20)22)12-6-3-10(19)7-13(12)18/h1-7,14-15,21H,8H2/t14-,15-/m0/s1. The van der Waals surface area contributed by atoms with Gasteiger partial charge < -0.3 is 10.0 Å². The first-order valence-corrected chi connectivity index (χ1v) is 7.44. The van der Waals surface area contributed by atoms with Gasteiger partial charge in [-0.1, -0.05) is 29.3 Å². The van der Waals surface area contributed by atoms with Crippen LogP contribution in [0.4, 0.5) is 10.1 Å². The van der Waals surface area contributed by atoms with E-state index in [1.165, 1.54) is 23.1 Å². The molecule has 0 aliphatic carbocycles. The van der Waals surface area contributed by atoms with Crippen molar-refractivity contribution in [2.45, 2.75) is 18.6 Å². The summed E-state index contributed by atoms with van der Waals surface area (Å²) < 4.78 is 13.2. The van der Waals surface area contributed by atoms with Gasteiger partial charge in [0.25, 0.3) is 5.91 Å². The molecule has 1 heterocycles. The SMILES string of the molecule is O=C1[C@@H](O)C[C@@H](c2ccc(F)cc2Cl)N1c1ccc(Cl)cc1. The van der Waals surface area contributed by atoms with Crippen LogP contribution in [-0.4, -0.2) is 17.1 Å². The number of nitrogens with zero attached hydrogens (tertiary/aromatic N) is 1. The topological polar surface area (TPSA) is 40.5 Å². The van der Waals surface area contributed by atoms with E-state index in [0.717, 1.165) is 0 Å². The molecule has 0 aromatic heterocycles. The highest BCUT2D eigenvalue weighted by Gasteiger charge is 2.40. The van der Waals surface area contributed by atoms with E-state index in [1.807, 2.05) is 0 Å². The highest BCUT2D eigenvalue weighted by molar-refractivity contribution is 6.31. The van der Waals surface area contributed by atoms with Crippen LogP contribution in [0.5, 0.6) is 0 Å². The Morgan fingerprint density at radius 3 is 2.45 bits per heavy atom. The monoisotopic (exact) mass is 339 g/mol. The molecule has 0 unspecified atom stereocenters. The molecule has 1 amide bonds. The van der Waals surface area contributed by atoms with E-state index in [0.29, 0.717) is 16.3 Å². The van der Waals surface area contributed by atoms with Crippen molar-refractivity contribution in [1.29, 1.82) is 0 Å². The molecule has 1 fully saturated rings. The van der Waals surface area contributed by atoms with Crippen LogP contribution in [0.3, 0.4) is 0 Å². The molecule has 0 spiro atoms. The Labute approximate surface area is 136 Å². The number of carbonyl (C=O) groups excluding carboxylic acids is 1. The Balaban J connectivity index is 2.05. The average Bonchev–Trinajstić information content (AvgIpc) is 2.76. The molecule has 3 rings (SSSR count). The minimum Gasteiger partial charge on any atom is -0.383 e. The largest absolute Gasteiger partial charge is 0.383 e. The van der Waals surface area contributed by atoms with Gasteiger partial charge in [-0.05, 0) is 42.0 Å². The number of amides is 1. The predicted octanol–water partition coefficient (Wildman–Crippen LogP) is 3.97. The van der Waals surface area contributed by atoms with Crippen molar-refractivity contribution >= 4 is 34.8 Å². The van der Waals surface area contributed by atoms with E-state index in [-0.39, 0.29) is 11.4 Å². The van der Waals surface area contributed by atoms with Gasteiger partial charge in [-0.15, -0.1) is 0 Å². The lowest BCUT2D eigenvalue weighted by Crippen LogP contribution is -2.30. The normalized spacial score (nSPS) is 21.5. The van der Waals surface area contributed by atoms with Crippen molar-refractivity contribution < 1.29 is 14.3 Å². The van der Waals surface area contributed by atoms with Gasteiger partial charge in [-0.25, -0.2) is 4.39 Å². The molecule has 6 heteroatoms. The first kappa shape index (κ1) is 15.3. The highest BCUT2D eigenvalue weighted by atomic mass is 35.5. The third-order valence-corrected chi connectivity index (χ3v) is 4.29. The van der Waals surface area contributed by atoms with Crippen molar-refractivity contribution in [2.24, 2.45) is 0 Å². The summed E-state index contributed by atoms with van der Waals surface area (Å²) in [6.45, 7) is 0. The van der Waals surface area contributed by atoms with Crippen LogP contribution in [0.2, 0.25) is 10.0 Å². The number of hydrogen-bond donors (Lipinski definition) is 1. The first-order chi connectivity index (χ1) is 10.5. The fourth-order valence-corrected chi connectivity index (χ4v) is 3.10. The Bertz CT molecular complexity index is 721. The van der Waals surface area contributed by atoms with Gasteiger partial charge in [-0.3, -0.25) is 4.79 Å². The van der Waals surface area contributed by atoms with Crippen LogP contribution in [0.1, 0.15) is 18.0 Å². The number of aliphatic hydroxyl groups excluding tert-OH is 1. The Morgan fingerprint density at radius 2 is 1.82 bits per heavy atom. The summed E-state index contributed by atoms with van der Waals surface area (Å²) in [7, 11) is 0. The minimum absolute atomic E-state index is 0.201. The molecule has 3 nitrogen and oxygen atoms in total. The zero-order valence-corrected chi connectivity index (χ0v) is 12.9. The second-order valence-corrected chi connectivity index (χ2v) is 5.96. The first-order valence-electron chi connectivity index (χ1n) is 6.69. The number of benzene rings is 2. The maximum Gasteiger partial charge on any atom is 0.256 e. The number of rotatable bonds is 2. The van der Waals surface area contributed by atoms with Gasteiger partial charge in [-0.2, -0.15) is 0 Å². The van der Waals surface area contributed by atoms with Crippen molar-refractivity contribution in [3.63, 3.8) is 0 Å². The van der Waals surface area contributed by atoms with Gasteiger partial charge in [0.05, 0.1) is 6.04 Å². The van der Waals surface area contributed by atoms with Crippen molar-refractivity contribution in [3.8, 4) is 0 Å². The molecular weight excluding hydrogens is 328 g/mol. The summed E-state index contributed by atoms with van der Waals surface area (Å²) in [6.07, 6.45) is -0.908. The molecule has 1 aliphatic rings. The van der Waals surface area contributed by atoms with Crippen LogP contribution in [0, 0.1) is 5.82 Å². The summed E-state index contributed by atoms with van der Waals surface area (Å²) in [4.78, 5) is 13.8. The highest BCUT2D eigenvalue weighted by Crippen LogP contribution is 2.40. The molecule has 1 N–H and O–H groups in total. The molecule has 2 atom stereocenters. The van der Waals surface area contributed by atoms with E-state index in [9.17, 15) is 14.3 Å². The van der Waals surface area contributed by atoms with Gasteiger partial charge >= 0.3 is 0 Å². The summed E-state index contributed by atoms with van der Waals surface area (Å²) >= 11 is 12.0. The number of carbonyl (C=O) groups is 1. The van der Waals surface area contributed by atoms with Gasteiger partial charge in [0.2, 0.25) is 0 Å².